The van der Waals surface area contributed by atoms with E-state index in [4.69, 9.17) is 24.5 Å². The van der Waals surface area contributed by atoms with Crippen molar-refractivity contribution in [2.45, 2.75) is 246 Å². The molecule has 13 aliphatic rings. The van der Waals surface area contributed by atoms with E-state index in [9.17, 15) is 105 Å². The van der Waals surface area contributed by atoms with Gasteiger partial charge in [-0.05, 0) is 123 Å². The molecule has 13 aliphatic carbocycles. The van der Waals surface area contributed by atoms with Crippen LogP contribution in [0.1, 0.15) is 190 Å². The van der Waals surface area contributed by atoms with Crippen molar-refractivity contribution in [3.63, 3.8) is 0 Å². The van der Waals surface area contributed by atoms with Crippen molar-refractivity contribution in [3.8, 4) is 0 Å². The van der Waals surface area contributed by atoms with Gasteiger partial charge in [0.25, 0.3) is 5.71 Å². The maximum absolute atomic E-state index is 12.9. The predicted octanol–water partition coefficient (Wildman–Crippen LogP) is 6.49. The third-order valence-electron chi connectivity index (χ3n) is 28.4. The molecule has 28 heteroatoms. The number of ketones is 4. The van der Waals surface area contributed by atoms with Crippen LogP contribution in [-0.2, 0) is 57.3 Å². The molecule has 0 heterocycles. The number of rotatable bonds is 11. The van der Waals surface area contributed by atoms with Crippen LogP contribution in [0, 0.1) is 93.7 Å². The van der Waals surface area contributed by atoms with E-state index in [1.165, 1.54) is 27.7 Å². The molecule has 12 N–H and O–H groups in total. The summed E-state index contributed by atoms with van der Waals surface area (Å²) in [4.78, 5) is 103. The summed E-state index contributed by atoms with van der Waals surface area (Å²) in [7, 11) is 0. The van der Waals surface area contributed by atoms with Gasteiger partial charge in [-0.2, -0.15) is 4.79 Å². The second-order valence-corrected chi connectivity index (χ2v) is 37.0. The summed E-state index contributed by atoms with van der Waals surface area (Å²) in [6.45, 7) is 33.1. The van der Waals surface area contributed by atoms with Gasteiger partial charge < -0.3 is 91.3 Å². The highest BCUT2D eigenvalue weighted by Crippen LogP contribution is 2.78. The van der Waals surface area contributed by atoms with E-state index in [0.717, 1.165) is 5.57 Å². The van der Waals surface area contributed by atoms with Crippen LogP contribution in [0.5, 0.6) is 0 Å². The van der Waals surface area contributed by atoms with Gasteiger partial charge in [-0.25, -0.2) is 0 Å². The number of hydrogen-bond acceptors (Lipinski definition) is 24. The minimum Gasteiger partial charge on any atom is -0.458 e. The summed E-state index contributed by atoms with van der Waals surface area (Å²) >= 11 is 0. The average Bonchev–Trinajstić information content (AvgIpc) is 1.48. The third-order valence-corrected chi connectivity index (χ3v) is 28.4. The van der Waals surface area contributed by atoms with E-state index >= 15 is 0 Å². The van der Waals surface area contributed by atoms with E-state index in [-0.39, 0.29) is 128 Å². The molecule has 0 spiro atoms. The van der Waals surface area contributed by atoms with Gasteiger partial charge >= 0.3 is 29.8 Å². The molecule has 0 aromatic rings. The molecule has 0 bridgehead atoms. The van der Waals surface area contributed by atoms with Crippen LogP contribution in [0.15, 0.2) is 117 Å². The summed E-state index contributed by atoms with van der Waals surface area (Å²) in [5.74, 6) is -10.8. The molecule has 13 rings (SSSR count). The van der Waals surface area contributed by atoms with Crippen LogP contribution in [-0.4, -0.2) is 212 Å². The maximum Gasteiger partial charge on any atom is 0.457 e. The zero-order valence-corrected chi connectivity index (χ0v) is 70.4. The van der Waals surface area contributed by atoms with Crippen molar-refractivity contribution in [2.75, 3.05) is 26.4 Å². The number of Topliss-reactive ketones (excluding diaryl/α,β-unsaturated/α-hetero) is 4. The highest BCUT2D eigenvalue weighted by Gasteiger charge is 2.85. The number of aliphatic hydroxyl groups excluding tert-OH is 4. The third kappa shape index (κ3) is 14.8. The first-order chi connectivity index (χ1) is 53.5. The summed E-state index contributed by atoms with van der Waals surface area (Å²) < 4.78 is 21.8. The topological polar surface area (TPSA) is 489 Å². The Labute approximate surface area is 677 Å². The number of ether oxygens (including phenoxy) is 4. The summed E-state index contributed by atoms with van der Waals surface area (Å²) in [5.41, 5.74) is 7.06. The molecule has 24 atom stereocenters. The number of fused-ring (bicyclic) bond motifs is 14. The monoisotopic (exact) mass is 1620 g/mol. The number of aliphatic hydroxyl groups is 12. The Morgan fingerprint density at radius 1 is 0.483 bits per heavy atom. The van der Waals surface area contributed by atoms with Crippen molar-refractivity contribution in [2.24, 2.45) is 93.7 Å². The number of esters is 4. The molecule has 4 fully saturated rings. The van der Waals surface area contributed by atoms with Gasteiger partial charge in [-0.15, -0.1) is 4.79 Å². The first kappa shape index (κ1) is 92.1. The van der Waals surface area contributed by atoms with Crippen LogP contribution >= 0.6 is 0 Å². The second-order valence-electron chi connectivity index (χ2n) is 37.0. The molecule has 636 valence electrons. The Balaban J connectivity index is 0.000000173. The molecule has 0 amide bonds. The SMILES string of the molecule is CC(=O)OC(C[C@@H](C)[C@@]1(O)[C@H](C=C(C)C)C=C(CO)C[C@]2(O)C(=O)C(C)=C[C@@H]12)=[N+]=[N-].CC(=O)OC1=C[C@@H]2C=C(CO)C[C@]3(O)C(=O)C(C)=C[C@H]3[C@@]2(O)[C@H](C)C1.CC(=O)O[C@@]12C[C@@H](C)[C@@]3(O)[C@@H](C=C(CO)C[C@]4(O)C(=O)C(C)=C[C@@H]34)[C@@H]1C2(C)C.CC(=O)O[C@@]12C[C@@H](C)[C@@]3(O)[C@@H](C=C(CO)C[C@]4(O)C(=O)C(C)=C[C@@H]34)[C@@H]1C2(C)C.CC(C)=[N+]=[N-]. The Morgan fingerprint density at radius 3 is 1.16 bits per heavy atom. The molecule has 0 aromatic heterocycles. The number of nitrogens with zero attached hydrogens (tertiary/aromatic N) is 4. The molecule has 28 nitrogen and oxygen atoms in total. The quantitative estimate of drug-likeness (QED) is 0.0200. The number of allylic oxidation sites excluding steroid dienone is 2. The summed E-state index contributed by atoms with van der Waals surface area (Å²) in [5, 5.41) is 132. The molecule has 0 unspecified atom stereocenters. The van der Waals surface area contributed by atoms with Gasteiger partial charge in [0.15, 0.2) is 23.1 Å². The van der Waals surface area contributed by atoms with Crippen molar-refractivity contribution < 1.29 is 128 Å². The number of carbonyl (C=O) groups is 8. The van der Waals surface area contributed by atoms with Crippen molar-refractivity contribution in [1.29, 1.82) is 0 Å². The lowest BCUT2D eigenvalue weighted by Crippen LogP contribution is -2.61. The standard InChI is InChI=1S/C22H30N2O6.2C22H30O6.C19H24O6.C3H6N2/c1-12(2)6-17-9-16(11-25)10-21(28)18(7-13(3)20(21)27)22(17,29)14(4)8-19(24-23)30-15(5)26;2*1-11-6-16-20(26,18(11)25)9-14(10-23)7-15-17-19(4,5)21(17,28-13(3)24)8-12(2)22(15,16)27;1-10-4-16-18(23,17(10)22)8-13(9-20)6-14-7-15(25-12(3)21)5-11(2)19(14,16)24;1-3(2)5-4/h6-7,9,14,17-18,25,28-29H,8,10-11H2,1-5H3;2*6-7,12,15-17,23,26-27H,8-10H2,1-5H3;4,6-7,11,14,16,20,23-24H,5,8-9H2,1-3H3;1-2H3/t14-,17-,18-,21-,22-;2*12-,15+,16-,17-,20-,21+,22-;11-,14+,16-,18-,19-;/m1111./s1. The first-order valence-corrected chi connectivity index (χ1v) is 39.9. The predicted molar refractivity (Wildman–Crippen MR) is 420 cm³/mol. The lowest BCUT2D eigenvalue weighted by molar-refractivity contribution is -0.186. The average molecular weight is 1620 g/mol. The zero-order valence-electron chi connectivity index (χ0n) is 70.4. The smallest absolute Gasteiger partial charge is 0.457 e. The normalized spacial score (nSPS) is 40.5. The molecule has 4 saturated carbocycles. The lowest BCUT2D eigenvalue weighted by Gasteiger charge is -2.50. The van der Waals surface area contributed by atoms with Crippen LogP contribution in [0.25, 0.3) is 11.1 Å². The van der Waals surface area contributed by atoms with Crippen molar-refractivity contribution >= 4 is 58.6 Å². The zero-order chi connectivity index (χ0) is 87.4. The van der Waals surface area contributed by atoms with Gasteiger partial charge in [0.05, 0.1) is 55.3 Å². The number of hydrogen-bond donors (Lipinski definition) is 12. The molecule has 0 radical (unpaired) electrons. The highest BCUT2D eigenvalue weighted by atomic mass is 16.6. The molecular weight excluding hydrogens is 1500 g/mol. The molecule has 0 saturated heterocycles. The van der Waals surface area contributed by atoms with E-state index in [0.29, 0.717) is 75.3 Å². The van der Waals surface area contributed by atoms with Gasteiger partial charge in [0.2, 0.25) is 0 Å². The molecular formula is C88H120N4O24. The lowest BCUT2D eigenvalue weighted by atomic mass is 9.60. The van der Waals surface area contributed by atoms with Crippen LogP contribution in [0.2, 0.25) is 0 Å². The Hall–Kier alpha value is -7.76. The van der Waals surface area contributed by atoms with E-state index in [1.807, 2.05) is 80.5 Å². The first-order valence-electron chi connectivity index (χ1n) is 39.9. The highest BCUT2D eigenvalue weighted by molar-refractivity contribution is 6.07. The van der Waals surface area contributed by atoms with Gasteiger partial charge in [-0.1, -0.05) is 116 Å². The second kappa shape index (κ2) is 32.1. The molecule has 0 aromatic carbocycles. The van der Waals surface area contributed by atoms with E-state index < -0.39 is 133 Å². The van der Waals surface area contributed by atoms with Crippen LogP contribution < -0.4 is 0 Å². The van der Waals surface area contributed by atoms with E-state index in [2.05, 4.69) is 9.58 Å². The number of carbonyl (C=O) groups excluding carboxylic acids is 8. The minimum atomic E-state index is -1.91. The maximum atomic E-state index is 12.9. The molecule has 116 heavy (non-hydrogen) atoms. The Kier molecular flexibility index (Phi) is 25.5. The van der Waals surface area contributed by atoms with Crippen LogP contribution in [0.4, 0.5) is 0 Å². The van der Waals surface area contributed by atoms with Gasteiger partial charge in [0, 0.05) is 150 Å². The molecule has 0 aliphatic heterocycles. The van der Waals surface area contributed by atoms with Crippen molar-refractivity contribution in [3.05, 3.63) is 128 Å². The largest absolute Gasteiger partial charge is 0.458 e. The van der Waals surface area contributed by atoms with E-state index in [1.54, 1.807) is 91.0 Å². The summed E-state index contributed by atoms with van der Waals surface area (Å²) in [6, 6.07) is 0. The Morgan fingerprint density at radius 2 is 0.828 bits per heavy atom. The fourth-order valence-corrected chi connectivity index (χ4v) is 22.9. The fraction of sp³-hybridized carbons (Fsp3) is 0.659. The van der Waals surface area contributed by atoms with Gasteiger partial charge in [-0.3, -0.25) is 38.4 Å². The van der Waals surface area contributed by atoms with Gasteiger partial charge in [0.1, 0.15) is 39.4 Å². The van der Waals surface area contributed by atoms with Crippen LogP contribution in [0.3, 0.4) is 0 Å². The van der Waals surface area contributed by atoms with Crippen molar-refractivity contribution in [1.82, 2.24) is 0 Å². The fourth-order valence-electron chi connectivity index (χ4n) is 22.9. The minimum absolute atomic E-state index is 0.0000834. The Bertz CT molecular complexity index is 4390. The summed E-state index contributed by atoms with van der Waals surface area (Å²) in [6.07, 6.45) is 18.1.